The standard InChI is InChI=1S/C12H22NO4P.C6H7N5O/c1-9(2)17-18(14-5)15-7-11-6-12(4,8-13)10(3)16-11;1-12-5-3-4(9-2-8-3)10-6(7)11-5/h9-11H,6-7H2,1-5H3;2H,1H3,(H3,7,8,9,10,11)/t10-,11-,12-,18?;/m0./s1. The zero-order valence-corrected chi connectivity index (χ0v) is 19.0. The van der Waals surface area contributed by atoms with Gasteiger partial charge in [0.05, 0.1) is 49.8 Å². The average molecular weight is 440 g/mol. The van der Waals surface area contributed by atoms with Crippen LogP contribution in [0, 0.1) is 16.7 Å². The van der Waals surface area contributed by atoms with E-state index >= 15 is 0 Å². The molecule has 30 heavy (non-hydrogen) atoms. The number of aromatic nitrogens is 4. The summed E-state index contributed by atoms with van der Waals surface area (Å²) in [5, 5.41) is 9.14. The summed E-state index contributed by atoms with van der Waals surface area (Å²) < 4.78 is 26.8. The molecule has 1 aliphatic heterocycles. The number of rotatable bonds is 7. The third kappa shape index (κ3) is 6.20. The van der Waals surface area contributed by atoms with E-state index in [0.29, 0.717) is 30.1 Å². The van der Waals surface area contributed by atoms with Gasteiger partial charge in [-0.25, -0.2) is 4.98 Å². The van der Waals surface area contributed by atoms with Gasteiger partial charge in [-0.1, -0.05) is 0 Å². The number of nitrogens with one attached hydrogen (secondary N) is 1. The molecule has 0 radical (unpaired) electrons. The molecule has 1 fully saturated rings. The molecule has 0 spiro atoms. The van der Waals surface area contributed by atoms with E-state index in [1.807, 2.05) is 27.7 Å². The molecule has 3 heterocycles. The van der Waals surface area contributed by atoms with Gasteiger partial charge >= 0.3 is 8.60 Å². The molecule has 0 saturated carbocycles. The van der Waals surface area contributed by atoms with Gasteiger partial charge in [-0.3, -0.25) is 0 Å². The van der Waals surface area contributed by atoms with Crippen LogP contribution in [0.2, 0.25) is 0 Å². The molecule has 0 bridgehead atoms. The van der Waals surface area contributed by atoms with Gasteiger partial charge in [-0.15, -0.1) is 0 Å². The van der Waals surface area contributed by atoms with Crippen molar-refractivity contribution in [1.29, 1.82) is 5.26 Å². The van der Waals surface area contributed by atoms with Crippen LogP contribution in [0.3, 0.4) is 0 Å². The SMILES string of the molecule is COP(OC[C@@H]1C[C@@](C)(C#N)[C@H](C)O1)OC(C)C.COc1nc(N)nc2nc[nH]c12. The van der Waals surface area contributed by atoms with Crippen LogP contribution in [0.1, 0.15) is 34.1 Å². The number of nitriles is 1. The molecule has 0 aromatic carbocycles. The number of anilines is 1. The van der Waals surface area contributed by atoms with E-state index in [2.05, 4.69) is 26.0 Å². The lowest BCUT2D eigenvalue weighted by atomic mass is 9.84. The Labute approximate surface area is 177 Å². The molecule has 4 atom stereocenters. The molecule has 1 saturated heterocycles. The van der Waals surface area contributed by atoms with Crippen LogP contribution >= 0.6 is 8.60 Å². The van der Waals surface area contributed by atoms with Crippen LogP contribution in [0.15, 0.2) is 6.33 Å². The molecule has 2 aromatic heterocycles. The monoisotopic (exact) mass is 440 g/mol. The topological polar surface area (TPSA) is 150 Å². The minimum absolute atomic E-state index is 0.0591. The number of hydrogen-bond donors (Lipinski definition) is 2. The normalized spacial score (nSPS) is 24.3. The summed E-state index contributed by atoms with van der Waals surface area (Å²) >= 11 is 0. The smallest absolute Gasteiger partial charge is 0.332 e. The van der Waals surface area contributed by atoms with Crippen LogP contribution in [0.4, 0.5) is 5.95 Å². The molecule has 2 aromatic rings. The highest BCUT2D eigenvalue weighted by Crippen LogP contribution is 2.43. The molecular formula is C18H29N6O5P. The fourth-order valence-electron chi connectivity index (χ4n) is 2.77. The van der Waals surface area contributed by atoms with E-state index in [1.54, 1.807) is 7.11 Å². The van der Waals surface area contributed by atoms with Gasteiger partial charge < -0.3 is 33.8 Å². The minimum atomic E-state index is -1.33. The summed E-state index contributed by atoms with van der Waals surface area (Å²) in [7, 11) is 1.75. The van der Waals surface area contributed by atoms with Crippen LogP contribution in [-0.2, 0) is 18.3 Å². The maximum atomic E-state index is 9.14. The Kier molecular flexibility index (Phi) is 8.70. The van der Waals surface area contributed by atoms with Gasteiger partial charge in [0.1, 0.15) is 5.52 Å². The maximum absolute atomic E-state index is 9.14. The summed E-state index contributed by atoms with van der Waals surface area (Å²) in [6.07, 6.45) is 2.11. The Balaban J connectivity index is 0.000000230. The van der Waals surface area contributed by atoms with E-state index < -0.39 is 14.0 Å². The first-order valence-corrected chi connectivity index (χ1v) is 10.5. The van der Waals surface area contributed by atoms with Crippen molar-refractivity contribution < 1.29 is 23.0 Å². The van der Waals surface area contributed by atoms with E-state index in [-0.39, 0.29) is 24.3 Å². The highest BCUT2D eigenvalue weighted by Gasteiger charge is 2.43. The molecule has 1 aliphatic rings. The first-order chi connectivity index (χ1) is 14.2. The second-order valence-electron chi connectivity index (χ2n) is 7.18. The van der Waals surface area contributed by atoms with Crippen molar-refractivity contribution in [1.82, 2.24) is 19.9 Å². The largest absolute Gasteiger partial charge is 0.479 e. The van der Waals surface area contributed by atoms with Crippen LogP contribution in [-0.4, -0.2) is 59.1 Å². The molecule has 3 rings (SSSR count). The van der Waals surface area contributed by atoms with Crippen LogP contribution in [0.25, 0.3) is 11.2 Å². The summed E-state index contributed by atoms with van der Waals surface area (Å²) in [6.45, 7) is 8.10. The van der Waals surface area contributed by atoms with Gasteiger partial charge in [-0.2, -0.15) is 15.2 Å². The van der Waals surface area contributed by atoms with Crippen molar-refractivity contribution >= 4 is 25.7 Å². The first-order valence-electron chi connectivity index (χ1n) is 9.43. The lowest BCUT2D eigenvalue weighted by molar-refractivity contribution is 0.00882. The van der Waals surface area contributed by atoms with Gasteiger partial charge in [0, 0.05) is 7.11 Å². The molecule has 1 unspecified atom stereocenters. The van der Waals surface area contributed by atoms with Crippen molar-refractivity contribution in [3.63, 3.8) is 0 Å². The van der Waals surface area contributed by atoms with Gasteiger partial charge in [0.15, 0.2) is 5.65 Å². The van der Waals surface area contributed by atoms with Gasteiger partial charge in [0.25, 0.3) is 0 Å². The maximum Gasteiger partial charge on any atom is 0.332 e. The summed E-state index contributed by atoms with van der Waals surface area (Å²) in [4.78, 5) is 14.5. The Morgan fingerprint density at radius 3 is 2.73 bits per heavy atom. The second-order valence-corrected chi connectivity index (χ2v) is 8.46. The number of imidazole rings is 1. The number of ether oxygens (including phenoxy) is 2. The lowest BCUT2D eigenvalue weighted by Crippen LogP contribution is -2.22. The predicted molar refractivity (Wildman–Crippen MR) is 111 cm³/mol. The fraction of sp³-hybridized carbons (Fsp3) is 0.667. The van der Waals surface area contributed by atoms with Crippen LogP contribution < -0.4 is 10.5 Å². The van der Waals surface area contributed by atoms with E-state index in [9.17, 15) is 0 Å². The number of nitrogens with zero attached hydrogens (tertiary/aromatic N) is 4. The number of methoxy groups -OCH3 is 1. The molecule has 0 amide bonds. The molecule has 166 valence electrons. The summed E-state index contributed by atoms with van der Waals surface area (Å²) in [5.74, 6) is 0.571. The van der Waals surface area contributed by atoms with Crippen molar-refractivity contribution in [2.45, 2.75) is 52.4 Å². The van der Waals surface area contributed by atoms with E-state index in [0.717, 1.165) is 0 Å². The van der Waals surface area contributed by atoms with Gasteiger partial charge in [-0.05, 0) is 34.1 Å². The number of hydrogen-bond acceptors (Lipinski definition) is 10. The number of H-pyrrole nitrogens is 1. The quantitative estimate of drug-likeness (QED) is 0.615. The number of aromatic amines is 1. The number of nitrogen functional groups attached to an aromatic ring is 1. The fourth-order valence-corrected chi connectivity index (χ4v) is 3.66. The average Bonchev–Trinajstić information content (AvgIpc) is 3.29. The third-order valence-electron chi connectivity index (χ3n) is 4.48. The van der Waals surface area contributed by atoms with Crippen molar-refractivity contribution in [2.75, 3.05) is 26.6 Å². The second kappa shape index (κ2) is 10.8. The zero-order chi connectivity index (χ0) is 22.3. The molecular weight excluding hydrogens is 411 g/mol. The van der Waals surface area contributed by atoms with Crippen LogP contribution in [0.5, 0.6) is 5.88 Å². The molecule has 12 heteroatoms. The van der Waals surface area contributed by atoms with Crippen molar-refractivity contribution in [3.05, 3.63) is 6.33 Å². The Bertz CT molecular complexity index is 859. The highest BCUT2D eigenvalue weighted by atomic mass is 31.2. The highest BCUT2D eigenvalue weighted by molar-refractivity contribution is 7.41. The summed E-state index contributed by atoms with van der Waals surface area (Å²) in [5.41, 5.74) is 6.15. The van der Waals surface area contributed by atoms with Gasteiger partial charge in [0.2, 0.25) is 11.8 Å². The predicted octanol–water partition coefficient (Wildman–Crippen LogP) is 2.95. The molecule has 0 aliphatic carbocycles. The summed E-state index contributed by atoms with van der Waals surface area (Å²) in [6, 6.07) is 2.32. The Morgan fingerprint density at radius 1 is 1.43 bits per heavy atom. The molecule has 3 N–H and O–H groups in total. The van der Waals surface area contributed by atoms with E-state index in [4.69, 9.17) is 34.0 Å². The lowest BCUT2D eigenvalue weighted by Gasteiger charge is -2.18. The first kappa shape index (κ1) is 24.2. The third-order valence-corrected chi connectivity index (χ3v) is 5.73. The van der Waals surface area contributed by atoms with Crippen molar-refractivity contribution in [2.24, 2.45) is 5.41 Å². The Morgan fingerprint density at radius 2 is 2.17 bits per heavy atom. The van der Waals surface area contributed by atoms with E-state index in [1.165, 1.54) is 13.4 Å². The number of fused-ring (bicyclic) bond motifs is 1. The Hall–Kier alpha value is -2.09. The van der Waals surface area contributed by atoms with Crippen molar-refractivity contribution in [3.8, 4) is 11.9 Å². The minimum Gasteiger partial charge on any atom is -0.479 e. The number of nitrogens with two attached hydrogens (primary N) is 1. The molecule has 11 nitrogen and oxygen atoms in total. The zero-order valence-electron chi connectivity index (χ0n) is 18.1.